The minimum Gasteiger partial charge on any atom is -0.312 e. The smallest absolute Gasteiger partial charge is 0.0208 e. The van der Waals surface area contributed by atoms with E-state index in [1.54, 1.807) is 0 Å². The SMILES string of the molecule is [B]B([B])B(B([B])[B])B(B(B([B])[B])B([B])[B])B(B(B([B])[B])B([B])[B])B(B([B])[B])B([B])[B].c1ccc2c(c1)CCNC2. The number of hydrogen-bond donors (Lipinski definition) is 1. The lowest BCUT2D eigenvalue weighted by Gasteiger charge is -2.50. The molecule has 1 aliphatic heterocycles. The van der Waals surface area contributed by atoms with Crippen LogP contribution in [0.1, 0.15) is 11.1 Å². The van der Waals surface area contributed by atoms with Crippen molar-refractivity contribution in [2.75, 3.05) is 6.54 Å². The molecule has 0 saturated heterocycles. The molecule has 0 aliphatic carbocycles. The molecular weight excluding hydrogens is 446 g/mol. The van der Waals surface area contributed by atoms with Gasteiger partial charge in [-0.15, -0.1) is 0 Å². The van der Waals surface area contributed by atoms with E-state index < -0.39 is 89.4 Å². The fraction of sp³-hybridized carbons (Fsp3) is 0.333. The van der Waals surface area contributed by atoms with Crippen LogP contribution in [-0.2, 0) is 13.0 Å². The molecule has 40 heavy (non-hydrogen) atoms. The molecule has 1 aromatic carbocycles. The highest BCUT2D eigenvalue weighted by molar-refractivity contribution is 8.27. The molecule has 1 heterocycles. The van der Waals surface area contributed by atoms with E-state index in [4.69, 9.17) is 124 Å². The van der Waals surface area contributed by atoms with Crippen molar-refractivity contribution in [2.45, 2.75) is 13.0 Å². The number of benzene rings is 1. The van der Waals surface area contributed by atoms with Crippen LogP contribution in [0.25, 0.3) is 0 Å². The van der Waals surface area contributed by atoms with Gasteiger partial charge in [0.2, 0.25) is 0 Å². The van der Waals surface area contributed by atoms with Crippen LogP contribution in [-0.4, -0.2) is 220 Å². The molecule has 0 unspecified atom stereocenters. The van der Waals surface area contributed by atoms with Crippen molar-refractivity contribution in [3.63, 3.8) is 0 Å². The van der Waals surface area contributed by atoms with Gasteiger partial charge in [-0.05, 0) is 24.1 Å². The Morgan fingerprint density at radius 1 is 0.400 bits per heavy atom. The summed E-state index contributed by atoms with van der Waals surface area (Å²) >= 11 is 0. The maximum atomic E-state index is 6.02. The molecule has 31 heteroatoms. The number of hydrogen-bond acceptors (Lipinski definition) is 1. The van der Waals surface area contributed by atoms with Gasteiger partial charge in [-0.3, -0.25) is 0 Å². The van der Waals surface area contributed by atoms with Crippen LogP contribution >= 0.6 is 0 Å². The zero-order valence-corrected chi connectivity index (χ0v) is 23.3. The van der Waals surface area contributed by atoms with E-state index in [2.05, 4.69) is 29.6 Å². The molecule has 0 atom stereocenters. The maximum Gasteiger partial charge on any atom is 0.0208 e. The van der Waals surface area contributed by atoms with Gasteiger partial charge in [0.1, 0.15) is 0 Å². The quantitative estimate of drug-likeness (QED) is 0.290. The van der Waals surface area contributed by atoms with Crippen LogP contribution in [0.3, 0.4) is 0 Å². The van der Waals surface area contributed by atoms with Gasteiger partial charge in [0, 0.05) is 220 Å². The number of nitrogens with one attached hydrogen (secondary N) is 1. The van der Waals surface area contributed by atoms with Gasteiger partial charge in [0.05, 0.1) is 0 Å². The summed E-state index contributed by atoms with van der Waals surface area (Å²) in [5.41, 5.74) is 2.98. The molecule has 0 bridgehead atoms. The fourth-order valence-electron chi connectivity index (χ4n) is 6.04. The summed E-state index contributed by atoms with van der Waals surface area (Å²) in [6.45, 7) is 2.19. The first kappa shape index (κ1) is 39.2. The lowest BCUT2D eigenvalue weighted by Crippen LogP contribution is -2.88. The molecular formula is C9H11B30N. The molecule has 0 saturated carbocycles. The molecule has 1 aliphatic rings. The average molecular weight is 458 g/mol. The summed E-state index contributed by atoms with van der Waals surface area (Å²) in [6.07, 6.45) is -12.5. The molecule has 1 aromatic rings. The van der Waals surface area contributed by atoms with Gasteiger partial charge < -0.3 is 5.32 Å². The second-order valence-electron chi connectivity index (χ2n) is 10.8. The lowest BCUT2D eigenvalue weighted by molar-refractivity contribution is 0.644. The molecule has 0 spiro atoms. The van der Waals surface area contributed by atoms with Crippen molar-refractivity contribution in [2.24, 2.45) is 0 Å². The van der Waals surface area contributed by atoms with Crippen molar-refractivity contribution in [3.8, 4) is 0 Å². The van der Waals surface area contributed by atoms with Gasteiger partial charge in [0.15, 0.2) is 0 Å². The monoisotopic (exact) mass is 463 g/mol. The van der Waals surface area contributed by atoms with Gasteiger partial charge in [-0.1, -0.05) is 24.3 Å². The Labute approximate surface area is 272 Å². The number of rotatable bonds is 13. The van der Waals surface area contributed by atoms with Crippen LogP contribution in [0.2, 0.25) is 0 Å². The first-order chi connectivity index (χ1) is 18.5. The third-order valence-corrected chi connectivity index (χ3v) is 7.78. The van der Waals surface area contributed by atoms with E-state index in [0.29, 0.717) is 0 Å². The van der Waals surface area contributed by atoms with E-state index in [1.807, 2.05) is 0 Å². The Morgan fingerprint density at radius 3 is 0.925 bits per heavy atom. The van der Waals surface area contributed by atoms with E-state index in [-0.39, 0.29) is 0 Å². The normalized spacial score (nSPS) is 11.2. The fourth-order valence-corrected chi connectivity index (χ4v) is 6.04. The zero-order chi connectivity index (χ0) is 30.9. The van der Waals surface area contributed by atoms with E-state index in [1.165, 1.54) is 17.5 Å². The third-order valence-electron chi connectivity index (χ3n) is 7.78. The second-order valence-corrected chi connectivity index (χ2v) is 10.8. The van der Waals surface area contributed by atoms with Crippen LogP contribution in [0.15, 0.2) is 24.3 Å². The van der Waals surface area contributed by atoms with Crippen molar-refractivity contribution >= 4 is 213 Å². The molecule has 2 rings (SSSR count). The molecule has 32 radical (unpaired) electrons. The van der Waals surface area contributed by atoms with Gasteiger partial charge in [0.25, 0.3) is 0 Å². The van der Waals surface area contributed by atoms with Crippen molar-refractivity contribution in [1.82, 2.24) is 5.32 Å². The van der Waals surface area contributed by atoms with E-state index in [0.717, 1.165) is 13.1 Å². The minimum absolute atomic E-state index is 0.853. The Bertz CT molecular complexity index is 690. The van der Waals surface area contributed by atoms with E-state index in [9.17, 15) is 0 Å². The summed E-state index contributed by atoms with van der Waals surface area (Å²) in [5, 5.41) is 3.34. The van der Waals surface area contributed by atoms with Crippen LogP contribution < -0.4 is 5.32 Å². The molecule has 1 N–H and O–H groups in total. The number of fused-ring (bicyclic) bond motifs is 1. The van der Waals surface area contributed by atoms with Gasteiger partial charge in [-0.25, -0.2) is 0 Å². The van der Waals surface area contributed by atoms with Gasteiger partial charge in [-0.2, -0.15) is 0 Å². The van der Waals surface area contributed by atoms with E-state index >= 15 is 0 Å². The Balaban J connectivity index is 0.000000653. The standard InChI is InChI=1S/C9H11N.B30/c1-2-4-9-7-10-6-5-8(9)3-1;1-17(2)25(18(3)4)29(26(19(5)6)20(7)8)30(27(21(9)10)22(11)12)28(23(13)14)24(15)16/h1-4,10H,5-7H2;. The molecule has 0 aromatic heterocycles. The van der Waals surface area contributed by atoms with Gasteiger partial charge >= 0.3 is 0 Å². The van der Waals surface area contributed by atoms with Crippen molar-refractivity contribution < 1.29 is 0 Å². The summed E-state index contributed by atoms with van der Waals surface area (Å²) in [4.78, 5) is 0. The predicted octanol–water partition coefficient (Wildman–Crippen LogP) is -10.1. The van der Waals surface area contributed by atoms with Crippen molar-refractivity contribution in [1.29, 1.82) is 0 Å². The summed E-state index contributed by atoms with van der Waals surface area (Å²) in [6, 6.07) is 8.63. The first-order valence-electron chi connectivity index (χ1n) is 13.4. The van der Waals surface area contributed by atoms with Crippen LogP contribution in [0, 0.1) is 0 Å². The van der Waals surface area contributed by atoms with Crippen LogP contribution in [0.4, 0.5) is 0 Å². The largest absolute Gasteiger partial charge is 0.312 e. The molecule has 0 amide bonds. The highest BCUT2D eigenvalue weighted by atomic mass is 14.9. The zero-order valence-electron chi connectivity index (χ0n) is 23.3. The van der Waals surface area contributed by atoms with Crippen molar-refractivity contribution in [3.05, 3.63) is 35.4 Å². The first-order valence-corrected chi connectivity index (χ1v) is 13.4. The second kappa shape index (κ2) is 18.8. The minimum atomic E-state index is -1.07. The summed E-state index contributed by atoms with van der Waals surface area (Å²) in [5.74, 6) is 0. The Hall–Kier alpha value is 1.13. The average Bonchev–Trinajstić information content (AvgIpc) is 2.81. The summed E-state index contributed by atoms with van der Waals surface area (Å²) < 4.78 is 0. The predicted molar refractivity (Wildman–Crippen MR) is 214 cm³/mol. The molecule has 142 valence electrons. The lowest BCUT2D eigenvalue weighted by atomic mass is 8.31. The molecule has 1 nitrogen and oxygen atoms in total. The maximum absolute atomic E-state index is 6.02. The topological polar surface area (TPSA) is 12.0 Å². The molecule has 0 fully saturated rings. The van der Waals surface area contributed by atoms with Crippen LogP contribution in [0.5, 0.6) is 0 Å². The Morgan fingerprint density at radius 2 is 0.675 bits per heavy atom. The summed E-state index contributed by atoms with van der Waals surface area (Å²) in [7, 11) is 96.4. The third kappa shape index (κ3) is 11.2. The Kier molecular flexibility index (Phi) is 18.4. The highest BCUT2D eigenvalue weighted by Crippen LogP contribution is 2.15. The highest BCUT2D eigenvalue weighted by Gasteiger charge is 2.52.